The molecule has 1 aromatic rings. The zero-order valence-electron chi connectivity index (χ0n) is 8.06. The molecule has 0 atom stereocenters. The fourth-order valence-electron chi connectivity index (χ4n) is 1.63. The Balaban J connectivity index is 1.79. The molecule has 76 valence electrons. The molecule has 3 nitrogen and oxygen atoms in total. The largest absolute Gasteiger partial charge is 0.336 e. The average Bonchev–Trinajstić information content (AvgIpc) is 2.67. The lowest BCUT2D eigenvalue weighted by molar-refractivity contribution is 0.257. The smallest absolute Gasteiger partial charge is 0.110 e. The maximum Gasteiger partial charge on any atom is 0.110 e. The predicted octanol–water partition coefficient (Wildman–Crippen LogP) is 1.44. The number of nitrogens with zero attached hydrogens (tertiary/aromatic N) is 3. The van der Waals surface area contributed by atoms with Crippen LogP contribution in [0.2, 0.25) is 0 Å². The van der Waals surface area contributed by atoms with E-state index in [9.17, 15) is 4.39 Å². The number of rotatable bonds is 3. The van der Waals surface area contributed by atoms with Crippen LogP contribution in [0.1, 0.15) is 6.42 Å². The second-order valence-corrected chi connectivity index (χ2v) is 3.52. The number of hydrogen-bond acceptors (Lipinski definition) is 2. The van der Waals surface area contributed by atoms with Crippen LogP contribution in [-0.2, 0) is 6.54 Å². The number of imidazole rings is 1. The van der Waals surface area contributed by atoms with Gasteiger partial charge in [-0.1, -0.05) is 6.08 Å². The quantitative estimate of drug-likeness (QED) is 0.727. The number of halogens is 1. The number of aromatic nitrogens is 2. The van der Waals surface area contributed by atoms with Gasteiger partial charge in [-0.3, -0.25) is 4.90 Å². The summed E-state index contributed by atoms with van der Waals surface area (Å²) in [5.41, 5.74) is 0. The van der Waals surface area contributed by atoms with E-state index in [4.69, 9.17) is 0 Å². The van der Waals surface area contributed by atoms with Gasteiger partial charge in [-0.2, -0.15) is 0 Å². The van der Waals surface area contributed by atoms with E-state index < -0.39 is 0 Å². The molecule has 0 saturated heterocycles. The molecule has 2 heterocycles. The molecule has 1 aliphatic rings. The zero-order chi connectivity index (χ0) is 9.80. The Bertz CT molecular complexity index is 305. The lowest BCUT2D eigenvalue weighted by atomic mass is 10.2. The molecule has 0 aromatic carbocycles. The first-order valence-corrected chi connectivity index (χ1v) is 4.87. The Morgan fingerprint density at radius 1 is 1.43 bits per heavy atom. The Hall–Kier alpha value is -1.16. The highest BCUT2D eigenvalue weighted by atomic mass is 19.1. The lowest BCUT2D eigenvalue weighted by Gasteiger charge is -2.24. The van der Waals surface area contributed by atoms with Gasteiger partial charge in [0.2, 0.25) is 0 Å². The predicted molar refractivity (Wildman–Crippen MR) is 52.5 cm³/mol. The minimum atomic E-state index is 0.00174. The number of hydrogen-bond donors (Lipinski definition) is 0. The van der Waals surface area contributed by atoms with E-state index in [1.165, 1.54) is 0 Å². The summed E-state index contributed by atoms with van der Waals surface area (Å²) >= 11 is 0. The van der Waals surface area contributed by atoms with E-state index in [2.05, 4.69) is 9.88 Å². The maximum atomic E-state index is 12.9. The van der Waals surface area contributed by atoms with Crippen molar-refractivity contribution in [1.29, 1.82) is 0 Å². The molecule has 14 heavy (non-hydrogen) atoms. The average molecular weight is 195 g/mol. The Morgan fingerprint density at radius 2 is 2.36 bits per heavy atom. The third-order valence-electron chi connectivity index (χ3n) is 2.42. The summed E-state index contributed by atoms with van der Waals surface area (Å²) in [4.78, 5) is 6.08. The molecule has 0 spiro atoms. The second-order valence-electron chi connectivity index (χ2n) is 3.52. The first kappa shape index (κ1) is 9.40. The first-order valence-electron chi connectivity index (χ1n) is 4.87. The summed E-state index contributed by atoms with van der Waals surface area (Å²) in [6, 6.07) is 0. The molecule has 1 aromatic heterocycles. The Labute approximate surface area is 82.9 Å². The van der Waals surface area contributed by atoms with Crippen LogP contribution in [0, 0.1) is 0 Å². The summed E-state index contributed by atoms with van der Waals surface area (Å²) in [5.74, 6) is 0.00174. The van der Waals surface area contributed by atoms with Crippen LogP contribution in [0.4, 0.5) is 4.39 Å². The van der Waals surface area contributed by atoms with Crippen molar-refractivity contribution >= 4 is 0 Å². The summed E-state index contributed by atoms with van der Waals surface area (Å²) in [7, 11) is 0. The lowest BCUT2D eigenvalue weighted by Crippen LogP contribution is -2.31. The summed E-state index contributed by atoms with van der Waals surface area (Å²) < 4.78 is 14.9. The van der Waals surface area contributed by atoms with Crippen LogP contribution in [0.25, 0.3) is 0 Å². The van der Waals surface area contributed by atoms with Gasteiger partial charge < -0.3 is 4.57 Å². The van der Waals surface area contributed by atoms with Gasteiger partial charge in [0.15, 0.2) is 0 Å². The summed E-state index contributed by atoms with van der Waals surface area (Å²) in [6.07, 6.45) is 7.98. The molecule has 0 amide bonds. The van der Waals surface area contributed by atoms with Gasteiger partial charge >= 0.3 is 0 Å². The molecule has 2 rings (SSSR count). The van der Waals surface area contributed by atoms with E-state index >= 15 is 0 Å². The highest BCUT2D eigenvalue weighted by Gasteiger charge is 2.11. The molecular formula is C10H14FN3. The van der Waals surface area contributed by atoms with Gasteiger partial charge in [0.1, 0.15) is 5.83 Å². The summed E-state index contributed by atoms with van der Waals surface area (Å²) in [5, 5.41) is 0. The van der Waals surface area contributed by atoms with Gasteiger partial charge in [0.25, 0.3) is 0 Å². The normalized spacial score (nSPS) is 18.2. The molecule has 4 heteroatoms. The topological polar surface area (TPSA) is 21.1 Å². The molecule has 0 N–H and O–H groups in total. The highest BCUT2D eigenvalue weighted by Crippen LogP contribution is 2.09. The van der Waals surface area contributed by atoms with Crippen molar-refractivity contribution in [2.24, 2.45) is 0 Å². The maximum absolute atomic E-state index is 12.9. The van der Waals surface area contributed by atoms with Crippen LogP contribution in [0.5, 0.6) is 0 Å². The van der Waals surface area contributed by atoms with Crippen LogP contribution in [-0.4, -0.2) is 34.1 Å². The van der Waals surface area contributed by atoms with E-state index in [1.807, 2.05) is 10.8 Å². The van der Waals surface area contributed by atoms with Crippen molar-refractivity contribution in [3.63, 3.8) is 0 Å². The fraction of sp³-hybridized carbons (Fsp3) is 0.500. The van der Waals surface area contributed by atoms with Crippen molar-refractivity contribution in [2.75, 3.05) is 19.6 Å². The third kappa shape index (κ3) is 2.42. The SMILES string of the molecule is FC1=CCCN(CCn2ccnc2)C1. The first-order chi connectivity index (χ1) is 6.84. The van der Waals surface area contributed by atoms with Crippen molar-refractivity contribution in [2.45, 2.75) is 13.0 Å². The van der Waals surface area contributed by atoms with Gasteiger partial charge in [-0.15, -0.1) is 0 Å². The fourth-order valence-corrected chi connectivity index (χ4v) is 1.63. The van der Waals surface area contributed by atoms with Crippen LogP contribution in [0.3, 0.4) is 0 Å². The standard InChI is InChI=1S/C10H14FN3/c11-10-2-1-4-13(8-10)6-7-14-5-3-12-9-14/h2-3,5,9H,1,4,6-8H2. The van der Waals surface area contributed by atoms with Crippen LogP contribution < -0.4 is 0 Å². The monoisotopic (exact) mass is 195 g/mol. The molecular weight excluding hydrogens is 181 g/mol. The van der Waals surface area contributed by atoms with Gasteiger partial charge in [0, 0.05) is 38.6 Å². The van der Waals surface area contributed by atoms with E-state index in [1.54, 1.807) is 18.6 Å². The van der Waals surface area contributed by atoms with Gasteiger partial charge in [-0.05, 0) is 6.42 Å². The van der Waals surface area contributed by atoms with Crippen molar-refractivity contribution in [3.8, 4) is 0 Å². The van der Waals surface area contributed by atoms with Crippen molar-refractivity contribution in [3.05, 3.63) is 30.6 Å². The van der Waals surface area contributed by atoms with E-state index in [0.29, 0.717) is 6.54 Å². The molecule has 0 unspecified atom stereocenters. The molecule has 0 bridgehead atoms. The molecule has 0 saturated carbocycles. The summed E-state index contributed by atoms with van der Waals surface area (Å²) in [6.45, 7) is 3.20. The van der Waals surface area contributed by atoms with Crippen molar-refractivity contribution < 1.29 is 4.39 Å². The van der Waals surface area contributed by atoms with E-state index in [-0.39, 0.29) is 5.83 Å². The minimum absolute atomic E-state index is 0.00174. The zero-order valence-corrected chi connectivity index (χ0v) is 8.06. The van der Waals surface area contributed by atoms with Crippen LogP contribution >= 0.6 is 0 Å². The van der Waals surface area contributed by atoms with E-state index in [0.717, 1.165) is 26.1 Å². The van der Waals surface area contributed by atoms with Crippen LogP contribution in [0.15, 0.2) is 30.6 Å². The van der Waals surface area contributed by atoms with Gasteiger partial charge in [0.05, 0.1) is 6.33 Å². The molecule has 0 aliphatic carbocycles. The second kappa shape index (κ2) is 4.37. The third-order valence-corrected chi connectivity index (χ3v) is 2.42. The highest BCUT2D eigenvalue weighted by molar-refractivity contribution is 4.99. The Kier molecular flexibility index (Phi) is 2.93. The molecule has 0 fully saturated rings. The minimum Gasteiger partial charge on any atom is -0.336 e. The molecule has 1 aliphatic heterocycles. The molecule has 0 radical (unpaired) electrons. The Morgan fingerprint density at radius 3 is 3.07 bits per heavy atom. The van der Waals surface area contributed by atoms with Gasteiger partial charge in [-0.25, -0.2) is 9.37 Å². The van der Waals surface area contributed by atoms with Crippen molar-refractivity contribution in [1.82, 2.24) is 14.5 Å².